The third-order valence-electron chi connectivity index (χ3n) is 9.63. The smallest absolute Gasteiger partial charge is 0.258 e. The van der Waals surface area contributed by atoms with Crippen molar-refractivity contribution in [3.05, 3.63) is 70.6 Å². The molecule has 2 saturated heterocycles. The van der Waals surface area contributed by atoms with Crippen molar-refractivity contribution < 1.29 is 51.0 Å². The van der Waals surface area contributed by atoms with Crippen LogP contribution in [0.3, 0.4) is 0 Å². The first-order valence-electron chi connectivity index (χ1n) is 14.7. The number of hydrogen-bond donors (Lipinski definition) is 1. The lowest BCUT2D eigenvalue weighted by atomic mass is 9.57. The van der Waals surface area contributed by atoms with E-state index in [4.69, 9.17) is 27.9 Å². The Morgan fingerprint density at radius 1 is 0.917 bits per heavy atom. The van der Waals surface area contributed by atoms with Crippen LogP contribution in [0.25, 0.3) is 6.08 Å². The number of alkyl halides is 2. The van der Waals surface area contributed by atoms with E-state index in [2.05, 4.69) is 0 Å². The van der Waals surface area contributed by atoms with Crippen molar-refractivity contribution in [2.24, 2.45) is 23.7 Å². The van der Waals surface area contributed by atoms with E-state index in [1.807, 2.05) is 0 Å². The predicted octanol–water partition coefficient (Wildman–Crippen LogP) is 6.00. The number of hydrogen-bond acceptors (Lipinski definition) is 6. The number of likely N-dealkylation sites (tertiary alicyclic amines) is 1. The van der Waals surface area contributed by atoms with E-state index in [0.717, 1.165) is 4.90 Å². The van der Waals surface area contributed by atoms with Crippen molar-refractivity contribution in [2.45, 2.75) is 48.9 Å². The fourth-order valence-corrected chi connectivity index (χ4v) is 8.37. The normalized spacial score (nSPS) is 30.2. The first-order valence-corrected chi connectivity index (χ1v) is 15.5. The van der Waals surface area contributed by atoms with Crippen LogP contribution in [0.1, 0.15) is 39.2 Å². The average Bonchev–Trinajstić information content (AvgIpc) is 3.38. The number of rotatable bonds is 4. The number of carbonyl (C=O) groups is 4. The van der Waals surface area contributed by atoms with Gasteiger partial charge < -0.3 is 9.84 Å². The van der Waals surface area contributed by atoms with Crippen molar-refractivity contribution in [1.82, 2.24) is 4.90 Å². The summed E-state index contributed by atoms with van der Waals surface area (Å²) >= 11 is 14.1. The van der Waals surface area contributed by atoms with Crippen molar-refractivity contribution in [2.75, 3.05) is 12.0 Å². The van der Waals surface area contributed by atoms with Gasteiger partial charge in [-0.25, -0.2) is 26.9 Å². The molecule has 0 aromatic heterocycles. The molecule has 2 aromatic rings. The Labute approximate surface area is 280 Å². The summed E-state index contributed by atoms with van der Waals surface area (Å²) in [5, 5.41) is 10.0. The van der Waals surface area contributed by atoms with Crippen LogP contribution >= 0.6 is 23.2 Å². The van der Waals surface area contributed by atoms with E-state index < -0.39 is 104 Å². The summed E-state index contributed by atoms with van der Waals surface area (Å²) in [6.45, 7) is 5.00. The number of phenolic OH excluding ortho intramolecular Hbond substituents is 1. The number of ether oxygens (including phenoxy) is 1. The average molecular weight is 713 g/mol. The lowest BCUT2D eigenvalue weighted by molar-refractivity contribution is -0.145. The van der Waals surface area contributed by atoms with Gasteiger partial charge in [-0.1, -0.05) is 29.9 Å². The van der Waals surface area contributed by atoms with Crippen molar-refractivity contribution in [3.63, 3.8) is 0 Å². The first kappa shape index (κ1) is 33.9. The summed E-state index contributed by atoms with van der Waals surface area (Å²) in [7, 11) is 1.31. The number of carbonyl (C=O) groups excluding carboxylic acids is 4. The molecule has 2 aromatic carbocycles. The number of phenols is 1. The number of nitrogens with zero attached hydrogens (tertiary/aromatic N) is 2. The van der Waals surface area contributed by atoms with E-state index in [1.54, 1.807) is 26.8 Å². The van der Waals surface area contributed by atoms with Crippen LogP contribution in [-0.2, 0) is 19.2 Å². The fourth-order valence-electron chi connectivity index (χ4n) is 7.48. The van der Waals surface area contributed by atoms with Gasteiger partial charge in [-0.15, -0.1) is 23.2 Å². The van der Waals surface area contributed by atoms with Gasteiger partial charge in [-0.05, 0) is 57.2 Å². The van der Waals surface area contributed by atoms with Gasteiger partial charge in [0.25, 0.3) is 11.8 Å². The first-order chi connectivity index (χ1) is 22.3. The summed E-state index contributed by atoms with van der Waals surface area (Å²) in [5.74, 6) is -20.8. The number of amides is 4. The molecule has 4 amide bonds. The van der Waals surface area contributed by atoms with Gasteiger partial charge in [0.05, 0.1) is 18.9 Å². The van der Waals surface area contributed by atoms with Gasteiger partial charge in [0, 0.05) is 11.5 Å². The molecule has 0 bridgehead atoms. The highest BCUT2D eigenvalue weighted by molar-refractivity contribution is 6.58. The van der Waals surface area contributed by atoms with Crippen LogP contribution in [0, 0.1) is 52.8 Å². The molecule has 254 valence electrons. The Morgan fingerprint density at radius 2 is 1.52 bits per heavy atom. The maximum atomic E-state index is 15.1. The Kier molecular flexibility index (Phi) is 7.79. The number of allylic oxidation sites excluding steroid dienone is 3. The Hall–Kier alpha value is -3.97. The summed E-state index contributed by atoms with van der Waals surface area (Å²) in [6.07, 6.45) is 3.86. The molecule has 2 aliphatic carbocycles. The molecule has 15 heteroatoms. The third kappa shape index (κ3) is 4.38. The second kappa shape index (κ2) is 11.0. The Morgan fingerprint density at radius 3 is 2.10 bits per heavy atom. The highest BCUT2D eigenvalue weighted by Crippen LogP contribution is 2.64. The summed E-state index contributed by atoms with van der Waals surface area (Å²) < 4.78 is 78.0. The van der Waals surface area contributed by atoms with Crippen molar-refractivity contribution in [3.8, 4) is 11.5 Å². The zero-order valence-corrected chi connectivity index (χ0v) is 27.2. The maximum Gasteiger partial charge on any atom is 0.258 e. The van der Waals surface area contributed by atoms with E-state index in [-0.39, 0.29) is 22.8 Å². The number of aromatic hydroxyl groups is 1. The lowest BCUT2D eigenvalue weighted by Crippen LogP contribution is -2.60. The van der Waals surface area contributed by atoms with Crippen LogP contribution in [0.15, 0.2) is 35.9 Å². The molecule has 1 N–H and O–H groups in total. The van der Waals surface area contributed by atoms with Gasteiger partial charge in [0.2, 0.25) is 17.6 Å². The number of fused-ring (bicyclic) bond motifs is 4. The minimum atomic E-state index is -2.62. The lowest BCUT2D eigenvalue weighted by Gasteiger charge is -2.49. The molecule has 4 aliphatic rings. The molecule has 0 radical (unpaired) electrons. The van der Waals surface area contributed by atoms with Crippen LogP contribution in [-0.4, -0.2) is 56.0 Å². The highest BCUT2D eigenvalue weighted by Gasteiger charge is 2.76. The van der Waals surface area contributed by atoms with E-state index in [0.29, 0.717) is 11.1 Å². The molecule has 0 spiro atoms. The second-order valence-corrected chi connectivity index (χ2v) is 14.5. The Bertz CT molecular complexity index is 1870. The molecular formula is C33H27Cl2F5N2O6. The maximum absolute atomic E-state index is 15.1. The quantitative estimate of drug-likeness (QED) is 0.104. The molecule has 6 rings (SSSR count). The van der Waals surface area contributed by atoms with Crippen molar-refractivity contribution in [1.29, 1.82) is 0 Å². The summed E-state index contributed by atoms with van der Waals surface area (Å²) in [4.78, 5) is 51.5. The molecule has 6 atom stereocenters. The zero-order valence-electron chi connectivity index (χ0n) is 25.7. The van der Waals surface area contributed by atoms with E-state index in [9.17, 15) is 37.5 Å². The molecule has 8 nitrogen and oxygen atoms in total. The molecule has 0 unspecified atom stereocenters. The number of imide groups is 2. The van der Waals surface area contributed by atoms with Crippen LogP contribution in [0.2, 0.25) is 0 Å². The van der Waals surface area contributed by atoms with Gasteiger partial charge in [-0.2, -0.15) is 0 Å². The van der Waals surface area contributed by atoms with Crippen LogP contribution in [0.4, 0.5) is 27.6 Å². The van der Waals surface area contributed by atoms with Gasteiger partial charge >= 0.3 is 0 Å². The monoisotopic (exact) mass is 712 g/mol. The number of anilines is 1. The largest absolute Gasteiger partial charge is 0.504 e. The summed E-state index contributed by atoms with van der Waals surface area (Å²) in [6, 6.07) is 4.21. The zero-order chi connectivity index (χ0) is 35.4. The van der Waals surface area contributed by atoms with E-state index >= 15 is 8.78 Å². The molecule has 1 saturated carbocycles. The number of halogens is 7. The topological polar surface area (TPSA) is 104 Å². The van der Waals surface area contributed by atoms with Crippen LogP contribution < -0.4 is 9.64 Å². The SMILES string of the molecule is COc1cc(C=C[C@H]2C3=CC[C@@H]4C(=O)N(C(C)(C)C)C(=O)[C@@H]4[C@@H]3C[C@@]3(Cl)C(=O)N(c4c(F)c(F)c(F)c(F)c4F)C(=O)[C@@]23Cl)ccc1O. The molecule has 3 fully saturated rings. The summed E-state index contributed by atoms with van der Waals surface area (Å²) in [5.41, 5.74) is -2.06. The predicted molar refractivity (Wildman–Crippen MR) is 162 cm³/mol. The Balaban J connectivity index is 1.56. The third-order valence-corrected chi connectivity index (χ3v) is 11.1. The highest BCUT2D eigenvalue weighted by atomic mass is 35.5. The fraction of sp³-hybridized carbons (Fsp3) is 0.394. The molecule has 2 aliphatic heterocycles. The van der Waals surface area contributed by atoms with Crippen molar-refractivity contribution >= 4 is 58.6 Å². The minimum absolute atomic E-state index is 0.0385. The minimum Gasteiger partial charge on any atom is -0.504 e. The standard InChI is InChI=1S/C33H27Cl2F5N2O6/c1-31(2,3)42-27(44)15-8-7-14-16(20(15)28(42)45)12-32(34)29(46)41(26-24(39)22(37)21(36)23(38)25(26)40)30(47)33(32,35)17(14)9-5-13-6-10-18(43)19(11-13)48-4/h5-7,9-11,15-17,20,43H,8,12H2,1-4H3/t15-,16+,17-,20-,32+,33-/m0/s1. The molecule has 2 heterocycles. The number of methoxy groups -OCH3 is 1. The van der Waals surface area contributed by atoms with Gasteiger partial charge in [-0.3, -0.25) is 24.1 Å². The molecular weight excluding hydrogens is 686 g/mol. The van der Waals surface area contributed by atoms with E-state index in [1.165, 1.54) is 37.5 Å². The van der Waals surface area contributed by atoms with Gasteiger partial charge in [0.15, 0.2) is 44.5 Å². The number of benzene rings is 2. The van der Waals surface area contributed by atoms with Gasteiger partial charge in [0.1, 0.15) is 5.69 Å². The second-order valence-electron chi connectivity index (χ2n) is 13.2. The van der Waals surface area contributed by atoms with Crippen LogP contribution in [0.5, 0.6) is 11.5 Å². The molecule has 48 heavy (non-hydrogen) atoms.